The van der Waals surface area contributed by atoms with Gasteiger partial charge in [-0.3, -0.25) is 4.79 Å². The predicted octanol–water partition coefficient (Wildman–Crippen LogP) is 4.28. The third-order valence-electron chi connectivity index (χ3n) is 4.39. The SMILES string of the molecule is CCCCN(Cc1ccccc1Cl)C(=O)[C@H]1CCN[C@@H](C)C1.Cl. The topological polar surface area (TPSA) is 32.3 Å². The van der Waals surface area contributed by atoms with E-state index in [4.69, 9.17) is 11.6 Å². The summed E-state index contributed by atoms with van der Waals surface area (Å²) in [5.74, 6) is 0.442. The molecule has 1 saturated heterocycles. The minimum atomic E-state index is 0. The fraction of sp³-hybridized carbons (Fsp3) is 0.611. The van der Waals surface area contributed by atoms with Gasteiger partial charge in [0, 0.05) is 30.1 Å². The summed E-state index contributed by atoms with van der Waals surface area (Å²) in [6.45, 7) is 6.69. The van der Waals surface area contributed by atoms with E-state index in [-0.39, 0.29) is 18.3 Å². The number of hydrogen-bond donors (Lipinski definition) is 1. The van der Waals surface area contributed by atoms with Crippen molar-refractivity contribution in [1.29, 1.82) is 0 Å². The fourth-order valence-corrected chi connectivity index (χ4v) is 3.26. The molecule has 0 aromatic heterocycles. The van der Waals surface area contributed by atoms with Gasteiger partial charge >= 0.3 is 0 Å². The lowest BCUT2D eigenvalue weighted by atomic mass is 9.91. The highest BCUT2D eigenvalue weighted by Gasteiger charge is 2.28. The second kappa shape index (κ2) is 10.2. The summed E-state index contributed by atoms with van der Waals surface area (Å²) < 4.78 is 0. The van der Waals surface area contributed by atoms with Crippen LogP contribution in [0.5, 0.6) is 0 Å². The number of benzene rings is 1. The van der Waals surface area contributed by atoms with Gasteiger partial charge in [-0.1, -0.05) is 43.1 Å². The van der Waals surface area contributed by atoms with Crippen LogP contribution in [0.2, 0.25) is 5.02 Å². The van der Waals surface area contributed by atoms with E-state index in [0.717, 1.165) is 49.4 Å². The zero-order valence-corrected chi connectivity index (χ0v) is 15.6. The number of unbranched alkanes of at least 4 members (excludes halogenated alkanes) is 1. The van der Waals surface area contributed by atoms with Crippen molar-refractivity contribution in [3.05, 3.63) is 34.9 Å². The fourth-order valence-electron chi connectivity index (χ4n) is 3.06. The van der Waals surface area contributed by atoms with Gasteiger partial charge in [-0.05, 0) is 44.4 Å². The van der Waals surface area contributed by atoms with Gasteiger partial charge in [-0.25, -0.2) is 0 Å². The molecule has 1 aliphatic heterocycles. The highest BCUT2D eigenvalue weighted by Crippen LogP contribution is 2.22. The molecule has 2 atom stereocenters. The van der Waals surface area contributed by atoms with Crippen LogP contribution in [-0.2, 0) is 11.3 Å². The number of piperidine rings is 1. The zero-order chi connectivity index (χ0) is 15.9. The van der Waals surface area contributed by atoms with Crippen molar-refractivity contribution < 1.29 is 4.79 Å². The molecule has 130 valence electrons. The van der Waals surface area contributed by atoms with E-state index in [2.05, 4.69) is 19.2 Å². The summed E-state index contributed by atoms with van der Waals surface area (Å²) in [5, 5.41) is 4.16. The first kappa shape index (κ1) is 20.3. The maximum atomic E-state index is 12.9. The smallest absolute Gasteiger partial charge is 0.226 e. The average Bonchev–Trinajstić information content (AvgIpc) is 2.52. The van der Waals surface area contributed by atoms with Crippen LogP contribution in [0.15, 0.2) is 24.3 Å². The quantitative estimate of drug-likeness (QED) is 0.822. The van der Waals surface area contributed by atoms with Crippen LogP contribution in [0, 0.1) is 5.92 Å². The van der Waals surface area contributed by atoms with Crippen LogP contribution >= 0.6 is 24.0 Å². The molecule has 0 saturated carbocycles. The average molecular weight is 359 g/mol. The highest BCUT2D eigenvalue weighted by molar-refractivity contribution is 6.31. The summed E-state index contributed by atoms with van der Waals surface area (Å²) in [4.78, 5) is 14.9. The van der Waals surface area contributed by atoms with Gasteiger partial charge in [0.2, 0.25) is 5.91 Å². The van der Waals surface area contributed by atoms with Crippen LogP contribution in [-0.4, -0.2) is 29.9 Å². The van der Waals surface area contributed by atoms with Crippen molar-refractivity contribution in [3.8, 4) is 0 Å². The van der Waals surface area contributed by atoms with Crippen molar-refractivity contribution >= 4 is 29.9 Å². The Bertz CT molecular complexity index is 496. The van der Waals surface area contributed by atoms with Crippen LogP contribution in [0.25, 0.3) is 0 Å². The van der Waals surface area contributed by atoms with Crippen LogP contribution in [0.4, 0.5) is 0 Å². The van der Waals surface area contributed by atoms with Gasteiger partial charge in [-0.2, -0.15) is 0 Å². The molecule has 1 aliphatic rings. The first-order valence-electron chi connectivity index (χ1n) is 8.37. The van der Waals surface area contributed by atoms with E-state index in [0.29, 0.717) is 18.5 Å². The molecular weight excluding hydrogens is 331 g/mol. The summed E-state index contributed by atoms with van der Waals surface area (Å²) in [5.41, 5.74) is 1.04. The van der Waals surface area contributed by atoms with Gasteiger partial charge in [0.1, 0.15) is 0 Å². The molecule has 0 bridgehead atoms. The summed E-state index contributed by atoms with van der Waals surface area (Å²) in [6.07, 6.45) is 4.00. The Labute approximate surface area is 151 Å². The first-order chi connectivity index (χ1) is 10.6. The van der Waals surface area contributed by atoms with Crippen molar-refractivity contribution in [2.45, 2.75) is 52.1 Å². The lowest BCUT2D eigenvalue weighted by Crippen LogP contribution is -2.44. The largest absolute Gasteiger partial charge is 0.338 e. The van der Waals surface area contributed by atoms with Crippen molar-refractivity contribution in [3.63, 3.8) is 0 Å². The van der Waals surface area contributed by atoms with Gasteiger partial charge in [0.05, 0.1) is 0 Å². The molecule has 3 nitrogen and oxygen atoms in total. The van der Waals surface area contributed by atoms with Gasteiger partial charge < -0.3 is 10.2 Å². The van der Waals surface area contributed by atoms with Crippen molar-refractivity contribution in [1.82, 2.24) is 10.2 Å². The van der Waals surface area contributed by atoms with Crippen LogP contribution < -0.4 is 5.32 Å². The highest BCUT2D eigenvalue weighted by atomic mass is 35.5. The number of nitrogens with one attached hydrogen (secondary N) is 1. The zero-order valence-electron chi connectivity index (χ0n) is 14.1. The van der Waals surface area contributed by atoms with Gasteiger partial charge in [-0.15, -0.1) is 12.4 Å². The molecule has 23 heavy (non-hydrogen) atoms. The van der Waals surface area contributed by atoms with E-state index in [1.165, 1.54) is 0 Å². The number of nitrogens with zero attached hydrogens (tertiary/aromatic N) is 1. The molecule has 1 aromatic carbocycles. The number of amides is 1. The number of halogens is 2. The lowest BCUT2D eigenvalue weighted by Gasteiger charge is -2.32. The number of rotatable bonds is 6. The van der Waals surface area contributed by atoms with E-state index in [1.54, 1.807) is 0 Å². The molecule has 1 fully saturated rings. The molecule has 1 heterocycles. The third kappa shape index (κ3) is 5.98. The first-order valence-corrected chi connectivity index (χ1v) is 8.75. The maximum absolute atomic E-state index is 12.9. The molecule has 0 aliphatic carbocycles. The maximum Gasteiger partial charge on any atom is 0.226 e. The van der Waals surface area contributed by atoms with Crippen molar-refractivity contribution in [2.75, 3.05) is 13.1 Å². The Morgan fingerprint density at radius 1 is 1.39 bits per heavy atom. The number of carbonyl (C=O) groups excluding carboxylic acids is 1. The van der Waals surface area contributed by atoms with E-state index < -0.39 is 0 Å². The molecule has 5 heteroatoms. The summed E-state index contributed by atoms with van der Waals surface area (Å²) in [7, 11) is 0. The molecule has 0 spiro atoms. The molecule has 2 rings (SSSR count). The van der Waals surface area contributed by atoms with Gasteiger partial charge in [0.15, 0.2) is 0 Å². The van der Waals surface area contributed by atoms with Crippen molar-refractivity contribution in [2.24, 2.45) is 5.92 Å². The normalized spacial score (nSPS) is 20.7. The second-order valence-electron chi connectivity index (χ2n) is 6.28. The molecule has 1 N–H and O–H groups in total. The Balaban J connectivity index is 0.00000264. The van der Waals surface area contributed by atoms with E-state index >= 15 is 0 Å². The monoisotopic (exact) mass is 358 g/mol. The third-order valence-corrected chi connectivity index (χ3v) is 4.75. The molecule has 0 radical (unpaired) electrons. The van der Waals surface area contributed by atoms with Crippen LogP contribution in [0.1, 0.15) is 45.1 Å². The second-order valence-corrected chi connectivity index (χ2v) is 6.69. The minimum Gasteiger partial charge on any atom is -0.338 e. The predicted molar refractivity (Wildman–Crippen MR) is 99.2 cm³/mol. The van der Waals surface area contributed by atoms with E-state index in [1.807, 2.05) is 29.2 Å². The minimum absolute atomic E-state index is 0. The van der Waals surface area contributed by atoms with Gasteiger partial charge in [0.25, 0.3) is 0 Å². The standard InChI is InChI=1S/C18H27ClN2O.ClH/c1-3-4-11-21(13-16-7-5-6-8-17(16)19)18(22)15-9-10-20-14(2)12-15;/h5-8,14-15,20H,3-4,9-13H2,1-2H3;1H/t14-,15-;/m0./s1. The molecular formula is C18H28Cl2N2O. The molecule has 1 aromatic rings. The Hall–Kier alpha value is -0.770. The Kier molecular flexibility index (Phi) is 8.96. The lowest BCUT2D eigenvalue weighted by molar-refractivity contribution is -0.137. The summed E-state index contributed by atoms with van der Waals surface area (Å²) in [6, 6.07) is 8.25. The molecule has 0 unspecified atom stereocenters. The Morgan fingerprint density at radius 2 is 2.13 bits per heavy atom. The molecule has 1 amide bonds. The van der Waals surface area contributed by atoms with Crippen LogP contribution in [0.3, 0.4) is 0 Å². The number of hydrogen-bond acceptors (Lipinski definition) is 2. The Morgan fingerprint density at radius 3 is 2.78 bits per heavy atom. The number of carbonyl (C=O) groups is 1. The van der Waals surface area contributed by atoms with E-state index in [9.17, 15) is 4.79 Å². The summed E-state index contributed by atoms with van der Waals surface area (Å²) >= 11 is 6.27.